The van der Waals surface area contributed by atoms with Crippen molar-refractivity contribution in [3.05, 3.63) is 39.7 Å². The first-order chi connectivity index (χ1) is 7.22. The molecule has 0 aliphatic carbocycles. The average Bonchev–Trinajstić information content (AvgIpc) is 2.60. The second-order valence-electron chi connectivity index (χ2n) is 2.91. The Morgan fingerprint density at radius 2 is 2.13 bits per heavy atom. The van der Waals surface area contributed by atoms with Crippen LogP contribution in [-0.2, 0) is 6.54 Å². The first kappa shape index (κ1) is 10.7. The van der Waals surface area contributed by atoms with Gasteiger partial charge >= 0.3 is 0 Å². The molecule has 2 aromatic rings. The smallest absolute Gasteiger partial charge is 0.131 e. The van der Waals surface area contributed by atoms with Gasteiger partial charge in [0.1, 0.15) is 15.4 Å². The highest BCUT2D eigenvalue weighted by molar-refractivity contribution is 9.10. The van der Waals surface area contributed by atoms with Crippen molar-refractivity contribution in [2.75, 3.05) is 0 Å². The topological polar surface area (TPSA) is 38.9 Å². The van der Waals surface area contributed by atoms with Crippen LogP contribution in [0.1, 0.15) is 5.01 Å². The van der Waals surface area contributed by atoms with E-state index in [0.29, 0.717) is 16.7 Å². The van der Waals surface area contributed by atoms with Gasteiger partial charge in [0.25, 0.3) is 0 Å². The fraction of sp³-hybridized carbons (Fsp3) is 0.100. The van der Waals surface area contributed by atoms with Gasteiger partial charge < -0.3 is 5.73 Å². The van der Waals surface area contributed by atoms with E-state index in [1.807, 2.05) is 0 Å². The Morgan fingerprint density at radius 3 is 2.73 bits per heavy atom. The van der Waals surface area contributed by atoms with E-state index in [1.165, 1.54) is 17.4 Å². The molecule has 1 aromatic carbocycles. The Balaban J connectivity index is 2.54. The second-order valence-corrected chi connectivity index (χ2v) is 4.75. The molecule has 0 bridgehead atoms. The molecule has 5 heteroatoms. The van der Waals surface area contributed by atoms with Crippen LogP contribution in [0.25, 0.3) is 10.4 Å². The lowest BCUT2D eigenvalue weighted by Gasteiger charge is -1.98. The summed E-state index contributed by atoms with van der Waals surface area (Å²) in [4.78, 5) is 4.98. The highest BCUT2D eigenvalue weighted by atomic mass is 79.9. The molecule has 1 heterocycles. The summed E-state index contributed by atoms with van der Waals surface area (Å²) in [5.41, 5.74) is 6.04. The van der Waals surface area contributed by atoms with E-state index >= 15 is 0 Å². The van der Waals surface area contributed by atoms with Crippen molar-refractivity contribution < 1.29 is 4.39 Å². The monoisotopic (exact) mass is 286 g/mol. The van der Waals surface area contributed by atoms with Gasteiger partial charge in [-0.15, -0.1) is 11.3 Å². The van der Waals surface area contributed by atoms with E-state index in [4.69, 9.17) is 5.73 Å². The van der Waals surface area contributed by atoms with Gasteiger partial charge in [0, 0.05) is 12.1 Å². The van der Waals surface area contributed by atoms with E-state index in [1.54, 1.807) is 18.2 Å². The summed E-state index contributed by atoms with van der Waals surface area (Å²) < 4.78 is 14.1. The quantitative estimate of drug-likeness (QED) is 0.921. The lowest BCUT2D eigenvalue weighted by molar-refractivity contribution is 0.631. The lowest BCUT2D eigenvalue weighted by Crippen LogP contribution is -1.93. The van der Waals surface area contributed by atoms with Crippen molar-refractivity contribution in [1.29, 1.82) is 0 Å². The molecule has 15 heavy (non-hydrogen) atoms. The van der Waals surface area contributed by atoms with Crippen molar-refractivity contribution in [1.82, 2.24) is 4.98 Å². The summed E-state index contributed by atoms with van der Waals surface area (Å²) in [5, 5.41) is 0.792. The fourth-order valence-corrected chi connectivity index (χ4v) is 2.89. The SMILES string of the molecule is NCc1nc(Br)c(-c2ccccc2F)s1. The van der Waals surface area contributed by atoms with Crippen LogP contribution in [0.5, 0.6) is 0 Å². The van der Waals surface area contributed by atoms with Gasteiger partial charge in [-0.2, -0.15) is 0 Å². The van der Waals surface area contributed by atoms with Crippen LogP contribution in [0.4, 0.5) is 4.39 Å². The molecule has 2 rings (SSSR count). The maximum Gasteiger partial charge on any atom is 0.131 e. The number of halogens is 2. The number of benzene rings is 1. The van der Waals surface area contributed by atoms with Gasteiger partial charge in [-0.25, -0.2) is 9.37 Å². The minimum Gasteiger partial charge on any atom is -0.325 e. The molecule has 0 radical (unpaired) electrons. The average molecular weight is 287 g/mol. The number of thiazole rings is 1. The van der Waals surface area contributed by atoms with Crippen LogP contribution in [-0.4, -0.2) is 4.98 Å². The Morgan fingerprint density at radius 1 is 1.40 bits per heavy atom. The van der Waals surface area contributed by atoms with Crippen molar-refractivity contribution in [3.63, 3.8) is 0 Å². The Hall–Kier alpha value is -0.780. The van der Waals surface area contributed by atoms with Gasteiger partial charge in [0.15, 0.2) is 0 Å². The van der Waals surface area contributed by atoms with Crippen LogP contribution in [0, 0.1) is 5.82 Å². The van der Waals surface area contributed by atoms with E-state index in [-0.39, 0.29) is 5.82 Å². The van der Waals surface area contributed by atoms with Gasteiger partial charge in [-0.1, -0.05) is 18.2 Å². The molecule has 0 fully saturated rings. The second kappa shape index (κ2) is 4.38. The van der Waals surface area contributed by atoms with Crippen molar-refractivity contribution >= 4 is 27.3 Å². The molecule has 0 atom stereocenters. The normalized spacial score (nSPS) is 10.6. The number of rotatable bonds is 2. The summed E-state index contributed by atoms with van der Waals surface area (Å²) in [6.45, 7) is 0.373. The zero-order valence-electron chi connectivity index (χ0n) is 7.71. The fourth-order valence-electron chi connectivity index (χ4n) is 1.24. The molecule has 0 saturated heterocycles. The molecule has 0 amide bonds. The maximum atomic E-state index is 13.5. The number of aromatic nitrogens is 1. The Bertz CT molecular complexity index is 484. The number of hydrogen-bond donors (Lipinski definition) is 1. The van der Waals surface area contributed by atoms with Crippen molar-refractivity contribution in [2.24, 2.45) is 5.73 Å². The highest BCUT2D eigenvalue weighted by Gasteiger charge is 2.13. The minimum atomic E-state index is -0.245. The molecule has 0 aliphatic rings. The third kappa shape index (κ3) is 2.09. The number of nitrogens with zero attached hydrogens (tertiary/aromatic N) is 1. The molecule has 1 aromatic heterocycles. The van der Waals surface area contributed by atoms with Crippen molar-refractivity contribution in [2.45, 2.75) is 6.54 Å². The van der Waals surface area contributed by atoms with Crippen LogP contribution >= 0.6 is 27.3 Å². The maximum absolute atomic E-state index is 13.5. The zero-order valence-corrected chi connectivity index (χ0v) is 10.1. The molecule has 0 aliphatic heterocycles. The largest absolute Gasteiger partial charge is 0.325 e. The van der Waals surface area contributed by atoms with Gasteiger partial charge in [-0.05, 0) is 22.0 Å². The van der Waals surface area contributed by atoms with Crippen LogP contribution in [0.3, 0.4) is 0 Å². The van der Waals surface area contributed by atoms with Gasteiger partial charge in [0.05, 0.1) is 4.88 Å². The standard InChI is InChI=1S/C10H8BrFN2S/c11-10-9(15-8(5-13)14-10)6-3-1-2-4-7(6)12/h1-4H,5,13H2. The summed E-state index contributed by atoms with van der Waals surface area (Å²) >= 11 is 4.71. The van der Waals surface area contributed by atoms with Crippen LogP contribution in [0.2, 0.25) is 0 Å². The van der Waals surface area contributed by atoms with E-state index < -0.39 is 0 Å². The lowest BCUT2D eigenvalue weighted by atomic mass is 10.2. The Kier molecular flexibility index (Phi) is 3.14. The summed E-state index contributed by atoms with van der Waals surface area (Å²) in [5.74, 6) is -0.245. The predicted molar refractivity (Wildman–Crippen MR) is 63.1 cm³/mol. The summed E-state index contributed by atoms with van der Waals surface area (Å²) in [7, 11) is 0. The van der Waals surface area contributed by atoms with Crippen LogP contribution in [0.15, 0.2) is 28.9 Å². The van der Waals surface area contributed by atoms with Gasteiger partial charge in [-0.3, -0.25) is 0 Å². The first-order valence-corrected chi connectivity index (χ1v) is 5.93. The van der Waals surface area contributed by atoms with E-state index in [0.717, 1.165) is 9.88 Å². The predicted octanol–water partition coefficient (Wildman–Crippen LogP) is 3.17. The molecule has 78 valence electrons. The summed E-state index contributed by atoms with van der Waals surface area (Å²) in [6, 6.07) is 6.63. The molecule has 2 N–H and O–H groups in total. The molecule has 0 saturated carbocycles. The highest BCUT2D eigenvalue weighted by Crippen LogP contribution is 2.35. The third-order valence-corrected chi connectivity index (χ3v) is 3.87. The molecule has 0 spiro atoms. The minimum absolute atomic E-state index is 0.245. The molecule has 0 unspecified atom stereocenters. The number of nitrogens with two attached hydrogens (primary N) is 1. The third-order valence-electron chi connectivity index (χ3n) is 1.92. The van der Waals surface area contributed by atoms with Crippen LogP contribution < -0.4 is 5.73 Å². The number of hydrogen-bond acceptors (Lipinski definition) is 3. The summed E-state index contributed by atoms with van der Waals surface area (Å²) in [6.07, 6.45) is 0. The van der Waals surface area contributed by atoms with Gasteiger partial charge in [0.2, 0.25) is 0 Å². The molecular weight excluding hydrogens is 279 g/mol. The van der Waals surface area contributed by atoms with Crippen molar-refractivity contribution in [3.8, 4) is 10.4 Å². The zero-order chi connectivity index (χ0) is 10.8. The van der Waals surface area contributed by atoms with E-state index in [2.05, 4.69) is 20.9 Å². The first-order valence-electron chi connectivity index (χ1n) is 4.32. The molecule has 2 nitrogen and oxygen atoms in total. The molecular formula is C10H8BrFN2S. The van der Waals surface area contributed by atoms with E-state index in [9.17, 15) is 4.39 Å². The Labute approximate surface area is 99.1 Å².